The quantitative estimate of drug-likeness (QED) is 0.888. The molecule has 2 N–H and O–H groups in total. The lowest BCUT2D eigenvalue weighted by Crippen LogP contribution is -2.39. The summed E-state index contributed by atoms with van der Waals surface area (Å²) in [5.41, 5.74) is 1.58. The Labute approximate surface area is 126 Å². The number of hydrogen-bond donors (Lipinski definition) is 2. The number of carbonyl (C=O) groups excluding carboxylic acids is 1. The van der Waals surface area contributed by atoms with E-state index >= 15 is 0 Å². The van der Waals surface area contributed by atoms with Crippen molar-refractivity contribution < 1.29 is 4.79 Å². The van der Waals surface area contributed by atoms with Crippen LogP contribution in [0.4, 0.5) is 5.69 Å². The lowest BCUT2D eigenvalue weighted by molar-refractivity contribution is -0.118. The van der Waals surface area contributed by atoms with Gasteiger partial charge in [0.2, 0.25) is 5.91 Å². The monoisotopic (exact) mass is 333 g/mol. The molecule has 1 fully saturated rings. The van der Waals surface area contributed by atoms with Gasteiger partial charge in [0.05, 0.1) is 17.2 Å². The smallest absolute Gasteiger partial charge is 0.241 e. The highest BCUT2D eigenvalue weighted by Crippen LogP contribution is 2.25. The predicted octanol–water partition coefficient (Wildman–Crippen LogP) is 2.93. The molecule has 4 nitrogen and oxygen atoms in total. The summed E-state index contributed by atoms with van der Waals surface area (Å²) in [5.74, 6) is 0.388. The largest absolute Gasteiger partial charge is 0.323 e. The molecule has 0 bridgehead atoms. The Balaban J connectivity index is 1.89. The molecular weight excluding hydrogens is 318 g/mol. The van der Waals surface area contributed by atoms with Crippen LogP contribution >= 0.6 is 15.9 Å². The second kappa shape index (κ2) is 5.50. The van der Waals surface area contributed by atoms with Gasteiger partial charge in [-0.15, -0.1) is 0 Å². The molecule has 1 saturated heterocycles. The third-order valence-electron chi connectivity index (χ3n) is 3.75. The highest BCUT2D eigenvalue weighted by Gasteiger charge is 2.29. The Morgan fingerprint density at radius 2 is 2.35 bits per heavy atom. The van der Waals surface area contributed by atoms with E-state index in [2.05, 4.69) is 38.5 Å². The van der Waals surface area contributed by atoms with Gasteiger partial charge in [0, 0.05) is 16.1 Å². The Morgan fingerprint density at radius 1 is 1.50 bits per heavy atom. The molecule has 3 rings (SSSR count). The molecular formula is C15H16BrN3O. The number of carbonyl (C=O) groups is 1. The highest BCUT2D eigenvalue weighted by atomic mass is 79.9. The van der Waals surface area contributed by atoms with Crippen LogP contribution < -0.4 is 10.6 Å². The maximum Gasteiger partial charge on any atom is 0.241 e. The molecule has 0 aliphatic carbocycles. The van der Waals surface area contributed by atoms with Crippen molar-refractivity contribution in [3.8, 4) is 0 Å². The van der Waals surface area contributed by atoms with Crippen LogP contribution in [0.15, 0.2) is 34.9 Å². The van der Waals surface area contributed by atoms with Gasteiger partial charge in [-0.2, -0.15) is 0 Å². The van der Waals surface area contributed by atoms with Crippen molar-refractivity contribution >= 4 is 38.4 Å². The Kier molecular flexibility index (Phi) is 3.72. The number of benzene rings is 1. The highest BCUT2D eigenvalue weighted by molar-refractivity contribution is 9.10. The van der Waals surface area contributed by atoms with Gasteiger partial charge in [-0.05, 0) is 46.9 Å². The van der Waals surface area contributed by atoms with Gasteiger partial charge in [0.25, 0.3) is 0 Å². The minimum atomic E-state index is -0.110. The van der Waals surface area contributed by atoms with E-state index in [1.807, 2.05) is 24.3 Å². The SMILES string of the molecule is CC1CCNC1C(=O)Nc1cccc2cc(Br)cnc12. The second-order valence-electron chi connectivity index (χ2n) is 5.22. The number of hydrogen-bond acceptors (Lipinski definition) is 3. The Morgan fingerprint density at radius 3 is 3.10 bits per heavy atom. The van der Waals surface area contributed by atoms with Gasteiger partial charge in [-0.25, -0.2) is 0 Å². The molecule has 1 amide bonds. The average molecular weight is 334 g/mol. The third-order valence-corrected chi connectivity index (χ3v) is 4.18. The van der Waals surface area contributed by atoms with Crippen LogP contribution in [0.25, 0.3) is 10.9 Å². The van der Waals surface area contributed by atoms with E-state index in [0.717, 1.165) is 34.0 Å². The molecule has 104 valence electrons. The van der Waals surface area contributed by atoms with Gasteiger partial charge in [-0.1, -0.05) is 19.1 Å². The van der Waals surface area contributed by atoms with Crippen LogP contribution in [-0.2, 0) is 4.79 Å². The lowest BCUT2D eigenvalue weighted by atomic mass is 10.0. The Hall–Kier alpha value is -1.46. The fourth-order valence-electron chi connectivity index (χ4n) is 2.63. The zero-order chi connectivity index (χ0) is 14.1. The predicted molar refractivity (Wildman–Crippen MR) is 83.6 cm³/mol. The molecule has 5 heteroatoms. The summed E-state index contributed by atoms with van der Waals surface area (Å²) in [7, 11) is 0. The first-order valence-corrected chi connectivity index (χ1v) is 7.53. The van der Waals surface area contributed by atoms with E-state index in [1.54, 1.807) is 6.20 Å². The van der Waals surface area contributed by atoms with Gasteiger partial charge in [0.1, 0.15) is 0 Å². The summed E-state index contributed by atoms with van der Waals surface area (Å²) in [4.78, 5) is 16.7. The van der Waals surface area contributed by atoms with E-state index < -0.39 is 0 Å². The van der Waals surface area contributed by atoms with Gasteiger partial charge < -0.3 is 10.6 Å². The standard InChI is InChI=1S/C15H16BrN3O/c1-9-5-6-17-13(9)15(20)19-12-4-2-3-10-7-11(16)8-18-14(10)12/h2-4,7-9,13,17H,5-6H2,1H3,(H,19,20). The molecule has 0 spiro atoms. The summed E-state index contributed by atoms with van der Waals surface area (Å²) in [5, 5.41) is 7.25. The summed E-state index contributed by atoms with van der Waals surface area (Å²) in [6.07, 6.45) is 2.78. The molecule has 1 aliphatic heterocycles. The first-order valence-electron chi connectivity index (χ1n) is 6.73. The van der Waals surface area contributed by atoms with E-state index in [4.69, 9.17) is 0 Å². The van der Waals surface area contributed by atoms with Crippen molar-refractivity contribution in [2.24, 2.45) is 5.92 Å². The van der Waals surface area contributed by atoms with Gasteiger partial charge in [0.15, 0.2) is 0 Å². The number of para-hydroxylation sites is 1. The fourth-order valence-corrected chi connectivity index (χ4v) is 2.98. The second-order valence-corrected chi connectivity index (χ2v) is 6.13. The van der Waals surface area contributed by atoms with Crippen molar-refractivity contribution in [1.29, 1.82) is 0 Å². The minimum absolute atomic E-state index is 0.0206. The summed E-state index contributed by atoms with van der Waals surface area (Å²) in [6, 6.07) is 7.69. The van der Waals surface area contributed by atoms with Crippen molar-refractivity contribution in [2.75, 3.05) is 11.9 Å². The summed E-state index contributed by atoms with van der Waals surface area (Å²) in [6.45, 7) is 3.00. The normalized spacial score (nSPS) is 22.1. The number of fused-ring (bicyclic) bond motifs is 1. The molecule has 0 saturated carbocycles. The van der Waals surface area contributed by atoms with Crippen molar-refractivity contribution in [2.45, 2.75) is 19.4 Å². The number of halogens is 1. The molecule has 1 aromatic heterocycles. The van der Waals surface area contributed by atoms with E-state index in [9.17, 15) is 4.79 Å². The summed E-state index contributed by atoms with van der Waals surface area (Å²) >= 11 is 3.41. The van der Waals surface area contributed by atoms with Crippen LogP contribution in [0.1, 0.15) is 13.3 Å². The topological polar surface area (TPSA) is 54.0 Å². The molecule has 2 atom stereocenters. The van der Waals surface area contributed by atoms with Crippen molar-refractivity contribution in [3.63, 3.8) is 0 Å². The third kappa shape index (κ3) is 2.55. The maximum absolute atomic E-state index is 12.3. The first kappa shape index (κ1) is 13.5. The number of anilines is 1. The average Bonchev–Trinajstić information content (AvgIpc) is 2.85. The van der Waals surface area contributed by atoms with E-state index in [0.29, 0.717) is 5.92 Å². The number of rotatable bonds is 2. The van der Waals surface area contributed by atoms with Crippen LogP contribution in [-0.4, -0.2) is 23.5 Å². The van der Waals surface area contributed by atoms with Crippen LogP contribution in [0, 0.1) is 5.92 Å². The molecule has 2 unspecified atom stereocenters. The fraction of sp³-hybridized carbons (Fsp3) is 0.333. The van der Waals surface area contributed by atoms with Crippen LogP contribution in [0.2, 0.25) is 0 Å². The molecule has 1 aliphatic rings. The number of amides is 1. The van der Waals surface area contributed by atoms with E-state index in [1.165, 1.54) is 0 Å². The number of nitrogens with zero attached hydrogens (tertiary/aromatic N) is 1. The number of nitrogens with one attached hydrogen (secondary N) is 2. The first-order chi connectivity index (χ1) is 9.65. The number of pyridine rings is 1. The van der Waals surface area contributed by atoms with E-state index in [-0.39, 0.29) is 11.9 Å². The molecule has 20 heavy (non-hydrogen) atoms. The van der Waals surface area contributed by atoms with Gasteiger partial charge in [-0.3, -0.25) is 9.78 Å². The number of aromatic nitrogens is 1. The zero-order valence-corrected chi connectivity index (χ0v) is 12.8. The van der Waals surface area contributed by atoms with Crippen molar-refractivity contribution in [1.82, 2.24) is 10.3 Å². The minimum Gasteiger partial charge on any atom is -0.323 e. The van der Waals surface area contributed by atoms with Crippen molar-refractivity contribution in [3.05, 3.63) is 34.9 Å². The molecule has 2 heterocycles. The van der Waals surface area contributed by atoms with Crippen LogP contribution in [0.5, 0.6) is 0 Å². The molecule has 2 aromatic rings. The molecule has 0 radical (unpaired) electrons. The Bertz CT molecular complexity index is 659. The zero-order valence-electron chi connectivity index (χ0n) is 11.2. The maximum atomic E-state index is 12.3. The van der Waals surface area contributed by atoms with Gasteiger partial charge >= 0.3 is 0 Å². The lowest BCUT2D eigenvalue weighted by Gasteiger charge is -2.16. The molecule has 1 aromatic carbocycles. The summed E-state index contributed by atoms with van der Waals surface area (Å²) < 4.78 is 0.930. The van der Waals surface area contributed by atoms with Crippen LogP contribution in [0.3, 0.4) is 0 Å².